The Labute approximate surface area is 150 Å². The third kappa shape index (κ3) is 2.48. The average Bonchev–Trinajstić information content (AvgIpc) is 3.41. The van der Waals surface area contributed by atoms with Crippen molar-refractivity contribution in [1.29, 1.82) is 0 Å². The van der Waals surface area contributed by atoms with Crippen LogP contribution in [-0.2, 0) is 19.6 Å². The summed E-state index contributed by atoms with van der Waals surface area (Å²) in [6, 6.07) is 7.72. The zero-order chi connectivity index (χ0) is 17.8. The lowest BCUT2D eigenvalue weighted by Crippen LogP contribution is -2.50. The largest absolute Gasteiger partial charge is 0.342 e. The number of amides is 1. The summed E-state index contributed by atoms with van der Waals surface area (Å²) >= 11 is 0. The van der Waals surface area contributed by atoms with Crippen LogP contribution in [0.2, 0.25) is 0 Å². The third-order valence-electron chi connectivity index (χ3n) is 5.79. The summed E-state index contributed by atoms with van der Waals surface area (Å²) in [6.45, 7) is 5.67. The molecule has 0 bridgehead atoms. The molecule has 0 aromatic heterocycles. The quantitative estimate of drug-likeness (QED) is 0.831. The maximum atomic E-state index is 13.5. The first-order chi connectivity index (χ1) is 11.9. The van der Waals surface area contributed by atoms with E-state index in [1.165, 1.54) is 0 Å². The van der Waals surface area contributed by atoms with Crippen LogP contribution in [0.25, 0.3) is 0 Å². The average molecular weight is 362 g/mol. The van der Waals surface area contributed by atoms with E-state index in [4.69, 9.17) is 0 Å². The lowest BCUT2D eigenvalue weighted by atomic mass is 9.87. The minimum absolute atomic E-state index is 0.193. The Balaban J connectivity index is 1.68. The van der Waals surface area contributed by atoms with Crippen LogP contribution in [0.1, 0.15) is 45.1 Å². The lowest BCUT2D eigenvalue weighted by molar-refractivity contribution is -0.133. The van der Waals surface area contributed by atoms with Crippen molar-refractivity contribution in [2.45, 2.75) is 44.3 Å². The number of anilines is 1. The molecular formula is C19H26N2O3S. The second-order valence-electron chi connectivity index (χ2n) is 8.04. The van der Waals surface area contributed by atoms with Gasteiger partial charge in [-0.25, -0.2) is 8.42 Å². The number of fused-ring (bicyclic) bond motifs is 2. The number of benzene rings is 1. The van der Waals surface area contributed by atoms with E-state index in [-0.39, 0.29) is 17.7 Å². The van der Waals surface area contributed by atoms with Gasteiger partial charge < -0.3 is 4.90 Å². The van der Waals surface area contributed by atoms with Gasteiger partial charge in [0, 0.05) is 25.6 Å². The van der Waals surface area contributed by atoms with Crippen LogP contribution in [0, 0.1) is 11.8 Å². The van der Waals surface area contributed by atoms with Gasteiger partial charge in [-0.15, -0.1) is 0 Å². The van der Waals surface area contributed by atoms with Gasteiger partial charge in [-0.2, -0.15) is 0 Å². The monoisotopic (exact) mass is 362 g/mol. The molecule has 1 saturated heterocycles. The van der Waals surface area contributed by atoms with E-state index in [1.54, 1.807) is 4.31 Å². The van der Waals surface area contributed by atoms with Crippen LogP contribution in [0.4, 0.5) is 5.69 Å². The molecule has 1 aromatic rings. The molecule has 1 aliphatic carbocycles. The maximum absolute atomic E-state index is 13.5. The van der Waals surface area contributed by atoms with Gasteiger partial charge in [0.15, 0.2) is 0 Å². The number of para-hydroxylation sites is 1. The fourth-order valence-corrected chi connectivity index (χ4v) is 6.77. The molecule has 1 saturated carbocycles. The first-order valence-electron chi connectivity index (χ1n) is 9.27. The molecule has 5 nitrogen and oxygen atoms in total. The predicted octanol–water partition coefficient (Wildman–Crippen LogP) is 2.72. The van der Waals surface area contributed by atoms with E-state index >= 15 is 0 Å². The molecule has 2 fully saturated rings. The molecule has 1 spiro atoms. The molecule has 25 heavy (non-hydrogen) atoms. The standard InChI is InChI=1S/C19H26N2O3S/c1-14(2)13-21-17-6-4-3-5-16(17)19(25(21,23)24)9-11-20(12-10-19)18(22)15-7-8-15/h3-6,14-15H,7-13H2,1-2H3. The van der Waals surface area contributed by atoms with Gasteiger partial charge in [0.05, 0.1) is 5.69 Å². The SMILES string of the molecule is CC(C)CN1c2ccccc2C2(CCN(C(=O)C3CC3)CC2)S1(=O)=O. The van der Waals surface area contributed by atoms with Gasteiger partial charge >= 0.3 is 0 Å². The topological polar surface area (TPSA) is 57.7 Å². The molecule has 0 radical (unpaired) electrons. The summed E-state index contributed by atoms with van der Waals surface area (Å²) < 4.78 is 27.8. The van der Waals surface area contributed by atoms with Crippen molar-refractivity contribution >= 4 is 21.6 Å². The Morgan fingerprint density at radius 3 is 2.44 bits per heavy atom. The minimum atomic E-state index is -3.46. The van der Waals surface area contributed by atoms with Gasteiger partial charge in [0.2, 0.25) is 15.9 Å². The van der Waals surface area contributed by atoms with Gasteiger partial charge in [-0.1, -0.05) is 32.0 Å². The van der Waals surface area contributed by atoms with Crippen molar-refractivity contribution in [3.63, 3.8) is 0 Å². The van der Waals surface area contributed by atoms with E-state index in [0.29, 0.717) is 32.5 Å². The Morgan fingerprint density at radius 1 is 1.20 bits per heavy atom. The number of rotatable bonds is 3. The second kappa shape index (κ2) is 5.73. The first kappa shape index (κ1) is 16.9. The number of piperidine rings is 1. The van der Waals surface area contributed by atoms with Crippen molar-refractivity contribution in [3.8, 4) is 0 Å². The van der Waals surface area contributed by atoms with Crippen LogP contribution in [0.5, 0.6) is 0 Å². The maximum Gasteiger partial charge on any atom is 0.245 e. The van der Waals surface area contributed by atoms with E-state index in [2.05, 4.69) is 0 Å². The van der Waals surface area contributed by atoms with Crippen LogP contribution in [0.15, 0.2) is 24.3 Å². The summed E-state index contributed by atoms with van der Waals surface area (Å²) in [7, 11) is -3.46. The molecule has 0 N–H and O–H groups in total. The van der Waals surface area contributed by atoms with Crippen LogP contribution in [-0.4, -0.2) is 38.9 Å². The van der Waals surface area contributed by atoms with Crippen molar-refractivity contribution in [3.05, 3.63) is 29.8 Å². The van der Waals surface area contributed by atoms with Gasteiger partial charge in [0.1, 0.15) is 4.75 Å². The summed E-state index contributed by atoms with van der Waals surface area (Å²) in [5, 5.41) is 0. The Morgan fingerprint density at radius 2 is 1.84 bits per heavy atom. The van der Waals surface area contributed by atoms with Crippen molar-refractivity contribution < 1.29 is 13.2 Å². The van der Waals surface area contributed by atoms with E-state index in [0.717, 1.165) is 24.1 Å². The number of hydrogen-bond acceptors (Lipinski definition) is 3. The highest BCUT2D eigenvalue weighted by Crippen LogP contribution is 2.53. The van der Waals surface area contributed by atoms with Gasteiger partial charge in [0.25, 0.3) is 0 Å². The molecular weight excluding hydrogens is 336 g/mol. The molecule has 6 heteroatoms. The fourth-order valence-electron chi connectivity index (χ4n) is 4.29. The summed E-state index contributed by atoms with van der Waals surface area (Å²) in [4.78, 5) is 14.2. The summed E-state index contributed by atoms with van der Waals surface area (Å²) in [5.74, 6) is 0.672. The number of hydrogen-bond donors (Lipinski definition) is 0. The molecule has 1 aromatic carbocycles. The highest BCUT2D eigenvalue weighted by molar-refractivity contribution is 7.94. The van der Waals surface area contributed by atoms with Crippen LogP contribution < -0.4 is 4.31 Å². The normalized spacial score (nSPS) is 24.0. The van der Waals surface area contributed by atoms with E-state index < -0.39 is 14.8 Å². The molecule has 1 amide bonds. The summed E-state index contributed by atoms with van der Waals surface area (Å²) in [6.07, 6.45) is 2.98. The Hall–Kier alpha value is -1.56. The van der Waals surface area contributed by atoms with E-state index in [1.807, 2.05) is 43.0 Å². The van der Waals surface area contributed by atoms with Crippen molar-refractivity contribution in [2.75, 3.05) is 23.9 Å². The molecule has 4 rings (SSSR count). The minimum Gasteiger partial charge on any atom is -0.342 e. The Bertz CT molecular complexity index is 791. The molecule has 2 aliphatic heterocycles. The zero-order valence-electron chi connectivity index (χ0n) is 14.9. The van der Waals surface area contributed by atoms with Gasteiger partial charge in [-0.05, 0) is 43.2 Å². The summed E-state index contributed by atoms with van der Waals surface area (Å²) in [5.41, 5.74) is 1.76. The molecule has 3 aliphatic rings. The molecule has 2 heterocycles. The molecule has 0 atom stereocenters. The number of carbonyl (C=O) groups is 1. The first-order valence-corrected chi connectivity index (χ1v) is 10.7. The van der Waals surface area contributed by atoms with Crippen molar-refractivity contribution in [2.24, 2.45) is 11.8 Å². The van der Waals surface area contributed by atoms with Crippen LogP contribution in [0.3, 0.4) is 0 Å². The molecule has 0 unspecified atom stereocenters. The zero-order valence-corrected chi connectivity index (χ0v) is 15.8. The third-order valence-corrected chi connectivity index (χ3v) is 8.33. The second-order valence-corrected chi connectivity index (χ2v) is 10.2. The van der Waals surface area contributed by atoms with E-state index in [9.17, 15) is 13.2 Å². The highest BCUT2D eigenvalue weighted by Gasteiger charge is 2.57. The smallest absolute Gasteiger partial charge is 0.245 e. The van der Waals surface area contributed by atoms with Crippen LogP contribution >= 0.6 is 0 Å². The molecule has 136 valence electrons. The number of nitrogens with zero attached hydrogens (tertiary/aromatic N) is 2. The Kier molecular flexibility index (Phi) is 3.87. The van der Waals surface area contributed by atoms with Gasteiger partial charge in [-0.3, -0.25) is 9.10 Å². The number of sulfonamides is 1. The number of carbonyl (C=O) groups excluding carboxylic acids is 1. The van der Waals surface area contributed by atoms with Crippen molar-refractivity contribution in [1.82, 2.24) is 4.90 Å². The number of likely N-dealkylation sites (tertiary alicyclic amines) is 1. The predicted molar refractivity (Wildman–Crippen MR) is 97.8 cm³/mol. The fraction of sp³-hybridized carbons (Fsp3) is 0.632. The highest BCUT2D eigenvalue weighted by atomic mass is 32.2. The lowest BCUT2D eigenvalue weighted by Gasteiger charge is -2.39.